The van der Waals surface area contributed by atoms with E-state index in [1.807, 2.05) is 0 Å². The lowest BCUT2D eigenvalue weighted by Gasteiger charge is -2.12. The van der Waals surface area contributed by atoms with Crippen LogP contribution in [0.4, 0.5) is 4.39 Å². The highest BCUT2D eigenvalue weighted by Gasteiger charge is 2.12. The van der Waals surface area contributed by atoms with Gasteiger partial charge in [0.15, 0.2) is 0 Å². The summed E-state index contributed by atoms with van der Waals surface area (Å²) in [6.45, 7) is 4.67. The van der Waals surface area contributed by atoms with Crippen molar-refractivity contribution >= 4 is 15.9 Å². The number of benzene rings is 1. The van der Waals surface area contributed by atoms with Crippen molar-refractivity contribution in [3.05, 3.63) is 28.0 Å². The van der Waals surface area contributed by atoms with Crippen LogP contribution in [0.15, 0.2) is 16.6 Å². The molecule has 0 unspecified atom stereocenters. The minimum atomic E-state index is -0.264. The number of methoxy groups -OCH3 is 1. The zero-order chi connectivity index (χ0) is 14.1. The van der Waals surface area contributed by atoms with E-state index in [0.717, 1.165) is 23.9 Å². The minimum absolute atomic E-state index is 0.264. The largest absolute Gasteiger partial charge is 0.495 e. The molecule has 0 bridgehead atoms. The van der Waals surface area contributed by atoms with Crippen molar-refractivity contribution in [3.8, 4) is 5.75 Å². The fourth-order valence-corrected chi connectivity index (χ4v) is 2.20. The highest BCUT2D eigenvalue weighted by molar-refractivity contribution is 9.10. The van der Waals surface area contributed by atoms with Gasteiger partial charge in [-0.2, -0.15) is 0 Å². The second-order valence-corrected chi connectivity index (χ2v) is 5.04. The first-order valence-electron chi connectivity index (χ1n) is 6.50. The summed E-state index contributed by atoms with van der Waals surface area (Å²) >= 11 is 3.35. The van der Waals surface area contributed by atoms with Crippen molar-refractivity contribution < 1.29 is 13.9 Å². The van der Waals surface area contributed by atoms with Crippen molar-refractivity contribution in [1.82, 2.24) is 5.32 Å². The number of halogens is 2. The summed E-state index contributed by atoms with van der Waals surface area (Å²) < 4.78 is 25.1. The van der Waals surface area contributed by atoms with Gasteiger partial charge in [0, 0.05) is 25.3 Å². The number of hydrogen-bond acceptors (Lipinski definition) is 3. The molecule has 0 amide bonds. The maximum absolute atomic E-state index is 13.7. The molecule has 1 rings (SSSR count). The molecule has 0 saturated heterocycles. The smallest absolute Gasteiger partial charge is 0.140 e. The molecule has 0 aliphatic carbocycles. The third-order valence-corrected chi connectivity index (χ3v) is 3.35. The molecule has 19 heavy (non-hydrogen) atoms. The highest BCUT2D eigenvalue weighted by Crippen LogP contribution is 2.30. The van der Waals surface area contributed by atoms with Crippen LogP contribution in [0.3, 0.4) is 0 Å². The van der Waals surface area contributed by atoms with Gasteiger partial charge < -0.3 is 14.8 Å². The van der Waals surface area contributed by atoms with Gasteiger partial charge in [-0.3, -0.25) is 0 Å². The fraction of sp³-hybridized carbons (Fsp3) is 0.571. The molecule has 0 fully saturated rings. The molecule has 1 aromatic rings. The normalized spacial score (nSPS) is 10.7. The molecule has 0 aliphatic heterocycles. The summed E-state index contributed by atoms with van der Waals surface area (Å²) in [7, 11) is 1.54. The Morgan fingerprint density at radius 1 is 1.32 bits per heavy atom. The first-order chi connectivity index (χ1) is 9.20. The zero-order valence-electron chi connectivity index (χ0n) is 11.5. The molecule has 3 nitrogen and oxygen atoms in total. The van der Waals surface area contributed by atoms with Gasteiger partial charge in [-0.15, -0.1) is 0 Å². The van der Waals surface area contributed by atoms with Gasteiger partial charge in [-0.25, -0.2) is 4.39 Å². The van der Waals surface area contributed by atoms with Gasteiger partial charge in [0.2, 0.25) is 0 Å². The molecular weight excluding hydrogens is 313 g/mol. The lowest BCUT2D eigenvalue weighted by atomic mass is 10.2. The van der Waals surface area contributed by atoms with Crippen LogP contribution in [0.25, 0.3) is 0 Å². The Hall–Kier alpha value is -0.650. The molecule has 0 atom stereocenters. The van der Waals surface area contributed by atoms with E-state index in [1.54, 1.807) is 6.07 Å². The average molecular weight is 334 g/mol. The third-order valence-electron chi connectivity index (χ3n) is 2.73. The molecule has 1 N–H and O–H groups in total. The summed E-state index contributed by atoms with van der Waals surface area (Å²) in [6, 6.07) is 3.08. The minimum Gasteiger partial charge on any atom is -0.495 e. The van der Waals surface area contributed by atoms with Gasteiger partial charge in [0.25, 0.3) is 0 Å². The van der Waals surface area contributed by atoms with E-state index in [-0.39, 0.29) is 5.82 Å². The van der Waals surface area contributed by atoms with E-state index in [2.05, 4.69) is 28.2 Å². The molecule has 1 aromatic carbocycles. The number of hydrogen-bond donors (Lipinski definition) is 1. The summed E-state index contributed by atoms with van der Waals surface area (Å²) in [6.07, 6.45) is 2.21. The van der Waals surface area contributed by atoms with Crippen molar-refractivity contribution in [2.24, 2.45) is 0 Å². The summed E-state index contributed by atoms with van der Waals surface area (Å²) in [5.41, 5.74) is 0.533. The van der Waals surface area contributed by atoms with Crippen LogP contribution in [0.5, 0.6) is 5.75 Å². The van der Waals surface area contributed by atoms with Gasteiger partial charge in [0.1, 0.15) is 11.6 Å². The van der Waals surface area contributed by atoms with Crippen molar-refractivity contribution in [2.75, 3.05) is 26.9 Å². The van der Waals surface area contributed by atoms with Gasteiger partial charge in [-0.05, 0) is 34.5 Å². The number of nitrogens with one attached hydrogen (secondary N) is 1. The lowest BCUT2D eigenvalue weighted by Crippen LogP contribution is -2.20. The van der Waals surface area contributed by atoms with E-state index in [1.165, 1.54) is 13.2 Å². The maximum Gasteiger partial charge on any atom is 0.140 e. The molecule has 0 aromatic heterocycles. The van der Waals surface area contributed by atoms with Crippen LogP contribution in [-0.2, 0) is 11.3 Å². The second-order valence-electron chi connectivity index (χ2n) is 4.18. The first kappa shape index (κ1) is 16.4. The van der Waals surface area contributed by atoms with E-state index in [0.29, 0.717) is 31.0 Å². The van der Waals surface area contributed by atoms with Gasteiger partial charge >= 0.3 is 0 Å². The summed E-state index contributed by atoms with van der Waals surface area (Å²) in [5, 5.41) is 3.16. The summed E-state index contributed by atoms with van der Waals surface area (Å²) in [5.74, 6) is 0.277. The topological polar surface area (TPSA) is 30.5 Å². The fourth-order valence-electron chi connectivity index (χ4n) is 1.67. The SMILES string of the molecule is CCCCOCCNCc1c(F)ccc(Br)c1OC. The Bertz CT molecular complexity index is 388. The Morgan fingerprint density at radius 3 is 2.79 bits per heavy atom. The van der Waals surface area contributed by atoms with E-state index in [9.17, 15) is 4.39 Å². The predicted molar refractivity (Wildman–Crippen MR) is 78.1 cm³/mol. The quantitative estimate of drug-likeness (QED) is 0.701. The van der Waals surface area contributed by atoms with Crippen LogP contribution >= 0.6 is 15.9 Å². The summed E-state index contributed by atoms with van der Waals surface area (Å²) in [4.78, 5) is 0. The predicted octanol–water partition coefficient (Wildman–Crippen LogP) is 3.50. The van der Waals surface area contributed by atoms with Gasteiger partial charge in [0.05, 0.1) is 18.2 Å². The molecule has 5 heteroatoms. The molecule has 0 radical (unpaired) electrons. The van der Waals surface area contributed by atoms with Crippen LogP contribution in [0.1, 0.15) is 25.3 Å². The highest BCUT2D eigenvalue weighted by atomic mass is 79.9. The van der Waals surface area contributed by atoms with E-state index >= 15 is 0 Å². The zero-order valence-corrected chi connectivity index (χ0v) is 13.1. The monoisotopic (exact) mass is 333 g/mol. The first-order valence-corrected chi connectivity index (χ1v) is 7.29. The van der Waals surface area contributed by atoms with Crippen molar-refractivity contribution in [1.29, 1.82) is 0 Å². The van der Waals surface area contributed by atoms with Crippen LogP contribution in [0, 0.1) is 5.82 Å². The Morgan fingerprint density at radius 2 is 2.11 bits per heavy atom. The van der Waals surface area contributed by atoms with E-state index in [4.69, 9.17) is 9.47 Å². The Labute approximate surface area is 122 Å². The number of unbranched alkanes of at least 4 members (excludes halogenated alkanes) is 1. The van der Waals surface area contributed by atoms with Crippen LogP contribution in [0.2, 0.25) is 0 Å². The third kappa shape index (κ3) is 5.47. The van der Waals surface area contributed by atoms with Gasteiger partial charge in [-0.1, -0.05) is 13.3 Å². The molecule has 108 valence electrons. The standard InChI is InChI=1S/C14H21BrFNO2/c1-3-4-8-19-9-7-17-10-11-13(16)6-5-12(15)14(11)18-2/h5-6,17H,3-4,7-10H2,1-2H3. The Balaban J connectivity index is 2.38. The van der Waals surface area contributed by atoms with E-state index < -0.39 is 0 Å². The molecule has 0 aliphatic rings. The van der Waals surface area contributed by atoms with Crippen LogP contribution < -0.4 is 10.1 Å². The average Bonchev–Trinajstić information content (AvgIpc) is 2.41. The van der Waals surface area contributed by atoms with Crippen molar-refractivity contribution in [2.45, 2.75) is 26.3 Å². The molecule has 0 saturated carbocycles. The maximum atomic E-state index is 13.7. The van der Waals surface area contributed by atoms with Crippen molar-refractivity contribution in [3.63, 3.8) is 0 Å². The number of rotatable bonds is 9. The lowest BCUT2D eigenvalue weighted by molar-refractivity contribution is 0.132. The second kappa shape index (κ2) is 9.28. The van der Waals surface area contributed by atoms with Crippen LogP contribution in [-0.4, -0.2) is 26.9 Å². The molecule has 0 heterocycles. The Kier molecular flexibility index (Phi) is 8.02. The molecular formula is C14H21BrFNO2. The molecule has 0 spiro atoms. The number of ether oxygens (including phenoxy) is 2.